The van der Waals surface area contributed by atoms with E-state index in [0.717, 1.165) is 26.1 Å². The first-order valence-electron chi connectivity index (χ1n) is 7.74. The van der Waals surface area contributed by atoms with Crippen molar-refractivity contribution in [1.82, 2.24) is 15.5 Å². The fourth-order valence-corrected chi connectivity index (χ4v) is 2.39. The molecule has 3 N–H and O–H groups in total. The average molecular weight is 304 g/mol. The zero-order valence-corrected chi connectivity index (χ0v) is 13.2. The van der Waals surface area contributed by atoms with Crippen molar-refractivity contribution in [2.24, 2.45) is 0 Å². The summed E-state index contributed by atoms with van der Waals surface area (Å²) < 4.78 is 0. The van der Waals surface area contributed by atoms with Crippen LogP contribution in [0.5, 0.6) is 0 Å². The second-order valence-corrected chi connectivity index (χ2v) is 5.73. The van der Waals surface area contributed by atoms with Gasteiger partial charge in [0.15, 0.2) is 0 Å². The lowest BCUT2D eigenvalue weighted by atomic mass is 10.1. The van der Waals surface area contributed by atoms with E-state index in [1.54, 1.807) is 24.3 Å². The molecule has 6 nitrogen and oxygen atoms in total. The molecule has 0 aliphatic carbocycles. The predicted octanol–water partition coefficient (Wildman–Crippen LogP) is 1.65. The van der Waals surface area contributed by atoms with Gasteiger partial charge < -0.3 is 20.9 Å². The van der Waals surface area contributed by atoms with Gasteiger partial charge in [0, 0.05) is 36.9 Å². The summed E-state index contributed by atoms with van der Waals surface area (Å²) in [6, 6.07) is 6.87. The Labute approximate surface area is 131 Å². The van der Waals surface area contributed by atoms with Crippen LogP contribution in [0.2, 0.25) is 0 Å². The molecule has 0 bridgehead atoms. The summed E-state index contributed by atoms with van der Waals surface area (Å²) in [5.74, 6) is 0.0108. The Hall–Kier alpha value is -2.08. The number of amides is 3. The van der Waals surface area contributed by atoms with Crippen LogP contribution in [0.15, 0.2) is 24.3 Å². The van der Waals surface area contributed by atoms with E-state index in [1.165, 1.54) is 0 Å². The second-order valence-electron chi connectivity index (χ2n) is 5.73. The fraction of sp³-hybridized carbons (Fsp3) is 0.500. The number of carbonyl (C=O) groups is 2. The average Bonchev–Trinajstić information content (AvgIpc) is 2.75. The van der Waals surface area contributed by atoms with Crippen molar-refractivity contribution in [3.05, 3.63) is 29.8 Å². The maximum absolute atomic E-state index is 12.5. The summed E-state index contributed by atoms with van der Waals surface area (Å²) in [7, 11) is 0. The molecule has 0 atom stereocenters. The Bertz CT molecular complexity index is 523. The lowest BCUT2D eigenvalue weighted by molar-refractivity contribution is 0.0766. The van der Waals surface area contributed by atoms with Gasteiger partial charge in [-0.15, -0.1) is 0 Å². The van der Waals surface area contributed by atoms with Gasteiger partial charge in [0.25, 0.3) is 5.91 Å². The molecule has 2 rings (SSSR count). The van der Waals surface area contributed by atoms with Crippen LogP contribution in [-0.4, -0.2) is 49.1 Å². The molecule has 0 saturated carbocycles. The summed E-state index contributed by atoms with van der Waals surface area (Å²) >= 11 is 0. The van der Waals surface area contributed by atoms with Crippen LogP contribution in [0.4, 0.5) is 10.5 Å². The molecule has 1 heterocycles. The van der Waals surface area contributed by atoms with Crippen LogP contribution in [0.25, 0.3) is 0 Å². The second kappa shape index (κ2) is 7.79. The zero-order chi connectivity index (χ0) is 15.9. The van der Waals surface area contributed by atoms with E-state index in [0.29, 0.717) is 17.8 Å². The van der Waals surface area contributed by atoms with Crippen molar-refractivity contribution in [1.29, 1.82) is 0 Å². The smallest absolute Gasteiger partial charge is 0.319 e. The maximum atomic E-state index is 12.5. The van der Waals surface area contributed by atoms with Gasteiger partial charge in [0.05, 0.1) is 0 Å². The summed E-state index contributed by atoms with van der Waals surface area (Å²) in [5.41, 5.74) is 1.22. The van der Waals surface area contributed by atoms with Crippen LogP contribution in [0, 0.1) is 0 Å². The van der Waals surface area contributed by atoms with Crippen molar-refractivity contribution in [3.63, 3.8) is 0 Å². The minimum atomic E-state index is -0.265. The number of urea groups is 1. The van der Waals surface area contributed by atoms with Gasteiger partial charge in [-0.05, 0) is 45.0 Å². The SMILES string of the molecule is CC(C)NC(=O)Nc1cccc(C(=O)N2CCCNCC2)c1. The van der Waals surface area contributed by atoms with Gasteiger partial charge in [0.2, 0.25) is 0 Å². The van der Waals surface area contributed by atoms with E-state index in [9.17, 15) is 9.59 Å². The molecule has 1 saturated heterocycles. The van der Waals surface area contributed by atoms with Crippen molar-refractivity contribution in [2.45, 2.75) is 26.3 Å². The number of benzene rings is 1. The number of hydrogen-bond acceptors (Lipinski definition) is 3. The minimum absolute atomic E-state index is 0.0108. The van der Waals surface area contributed by atoms with Gasteiger partial charge in [-0.25, -0.2) is 4.79 Å². The highest BCUT2D eigenvalue weighted by Crippen LogP contribution is 2.13. The fourth-order valence-electron chi connectivity index (χ4n) is 2.39. The third kappa shape index (κ3) is 4.73. The number of rotatable bonds is 3. The topological polar surface area (TPSA) is 73.5 Å². The number of anilines is 1. The number of nitrogens with zero attached hydrogens (tertiary/aromatic N) is 1. The Morgan fingerprint density at radius 3 is 2.82 bits per heavy atom. The third-order valence-electron chi connectivity index (χ3n) is 3.41. The molecular formula is C16H24N4O2. The molecule has 1 aromatic rings. The van der Waals surface area contributed by atoms with Crippen molar-refractivity contribution in [3.8, 4) is 0 Å². The molecule has 0 unspecified atom stereocenters. The molecule has 0 radical (unpaired) electrons. The lowest BCUT2D eigenvalue weighted by Crippen LogP contribution is -2.35. The van der Waals surface area contributed by atoms with Gasteiger partial charge in [-0.3, -0.25) is 4.79 Å². The van der Waals surface area contributed by atoms with Crippen LogP contribution in [-0.2, 0) is 0 Å². The van der Waals surface area contributed by atoms with E-state index in [-0.39, 0.29) is 18.0 Å². The van der Waals surface area contributed by atoms with Crippen LogP contribution in [0.1, 0.15) is 30.6 Å². The standard InChI is InChI=1S/C16H24N4O2/c1-12(2)18-16(22)19-14-6-3-5-13(11-14)15(21)20-9-4-7-17-8-10-20/h3,5-6,11-12,17H,4,7-10H2,1-2H3,(H2,18,19,22). The van der Waals surface area contributed by atoms with Crippen molar-refractivity contribution >= 4 is 17.6 Å². The highest BCUT2D eigenvalue weighted by Gasteiger charge is 2.17. The molecule has 0 aromatic heterocycles. The third-order valence-corrected chi connectivity index (χ3v) is 3.41. The maximum Gasteiger partial charge on any atom is 0.319 e. The monoisotopic (exact) mass is 304 g/mol. The van der Waals surface area contributed by atoms with E-state index in [4.69, 9.17) is 0 Å². The van der Waals surface area contributed by atoms with Gasteiger partial charge in [0.1, 0.15) is 0 Å². The molecule has 3 amide bonds. The molecule has 6 heteroatoms. The van der Waals surface area contributed by atoms with Crippen molar-refractivity contribution in [2.75, 3.05) is 31.5 Å². The van der Waals surface area contributed by atoms with Gasteiger partial charge in [-0.2, -0.15) is 0 Å². The Morgan fingerprint density at radius 1 is 1.23 bits per heavy atom. The highest BCUT2D eigenvalue weighted by molar-refractivity contribution is 5.97. The normalized spacial score (nSPS) is 15.3. The van der Waals surface area contributed by atoms with Gasteiger partial charge in [-0.1, -0.05) is 6.07 Å². The van der Waals surface area contributed by atoms with Crippen LogP contribution < -0.4 is 16.0 Å². The number of carbonyl (C=O) groups excluding carboxylic acids is 2. The Morgan fingerprint density at radius 2 is 2.05 bits per heavy atom. The number of hydrogen-bond donors (Lipinski definition) is 3. The molecule has 0 spiro atoms. The molecule has 120 valence electrons. The van der Waals surface area contributed by atoms with Crippen LogP contribution >= 0.6 is 0 Å². The largest absolute Gasteiger partial charge is 0.337 e. The molecule has 1 fully saturated rings. The highest BCUT2D eigenvalue weighted by atomic mass is 16.2. The van der Waals surface area contributed by atoms with E-state index in [1.807, 2.05) is 18.7 Å². The quantitative estimate of drug-likeness (QED) is 0.795. The minimum Gasteiger partial charge on any atom is -0.337 e. The summed E-state index contributed by atoms with van der Waals surface area (Å²) in [6.45, 7) is 7.03. The van der Waals surface area contributed by atoms with Gasteiger partial charge >= 0.3 is 6.03 Å². The van der Waals surface area contributed by atoms with E-state index >= 15 is 0 Å². The number of nitrogens with one attached hydrogen (secondary N) is 3. The first kappa shape index (κ1) is 16.3. The first-order valence-corrected chi connectivity index (χ1v) is 7.74. The van der Waals surface area contributed by atoms with Crippen LogP contribution in [0.3, 0.4) is 0 Å². The van der Waals surface area contributed by atoms with Crippen molar-refractivity contribution < 1.29 is 9.59 Å². The lowest BCUT2D eigenvalue weighted by Gasteiger charge is -2.20. The summed E-state index contributed by atoms with van der Waals surface area (Å²) in [6.07, 6.45) is 0.959. The summed E-state index contributed by atoms with van der Waals surface area (Å²) in [4.78, 5) is 26.1. The van der Waals surface area contributed by atoms with E-state index in [2.05, 4.69) is 16.0 Å². The Kier molecular flexibility index (Phi) is 5.77. The molecule has 1 aliphatic rings. The summed E-state index contributed by atoms with van der Waals surface area (Å²) in [5, 5.41) is 8.79. The zero-order valence-electron chi connectivity index (χ0n) is 13.2. The molecule has 1 aliphatic heterocycles. The van der Waals surface area contributed by atoms with E-state index < -0.39 is 0 Å². The Balaban J connectivity index is 2.03. The molecular weight excluding hydrogens is 280 g/mol. The molecule has 1 aromatic carbocycles. The first-order chi connectivity index (χ1) is 10.6. The predicted molar refractivity (Wildman–Crippen MR) is 87.1 cm³/mol. The molecule has 22 heavy (non-hydrogen) atoms.